The Morgan fingerprint density at radius 2 is 2.00 bits per heavy atom. The largest absolute Gasteiger partial charge is 0.418 e. The first-order chi connectivity index (χ1) is 11.0. The van der Waals surface area contributed by atoms with E-state index in [9.17, 15) is 22.8 Å². The summed E-state index contributed by atoms with van der Waals surface area (Å²) in [5, 5.41) is 1.62. The van der Waals surface area contributed by atoms with Crippen molar-refractivity contribution in [1.29, 1.82) is 0 Å². The quantitative estimate of drug-likeness (QED) is 0.489. The molecule has 2 rings (SSSR count). The number of hydrogen-bond donors (Lipinski definition) is 2. The normalized spacial score (nSPS) is 23.6. The van der Waals surface area contributed by atoms with Crippen molar-refractivity contribution in [2.24, 2.45) is 5.92 Å². The first-order valence-electron chi connectivity index (χ1n) is 7.36. The van der Waals surface area contributed by atoms with Crippen LogP contribution in [0.15, 0.2) is 0 Å². The number of hydroxylamine groups is 2. The zero-order chi connectivity index (χ0) is 18.2. The van der Waals surface area contributed by atoms with Crippen molar-refractivity contribution in [3.8, 4) is 0 Å². The van der Waals surface area contributed by atoms with E-state index in [1.165, 1.54) is 7.05 Å². The third-order valence-electron chi connectivity index (χ3n) is 3.90. The molecule has 0 saturated carbocycles. The first-order valence-corrected chi connectivity index (χ1v) is 8.72. The van der Waals surface area contributed by atoms with Crippen molar-refractivity contribution >= 4 is 28.2 Å². The molecule has 0 aromatic rings. The second kappa shape index (κ2) is 6.53. The first kappa shape index (κ1) is 18.4. The molecule has 0 spiro atoms. The molecule has 136 valence electrons. The summed E-state index contributed by atoms with van der Waals surface area (Å²) in [5.41, 5.74) is 2.42. The van der Waals surface area contributed by atoms with Gasteiger partial charge in [-0.05, 0) is 12.8 Å². The molecule has 0 radical (unpaired) electrons. The smallest absolute Gasteiger partial charge is 0.309 e. The van der Waals surface area contributed by atoms with Gasteiger partial charge in [0.15, 0.2) is 0 Å². The van der Waals surface area contributed by atoms with Crippen LogP contribution >= 0.6 is 0 Å². The van der Waals surface area contributed by atoms with Gasteiger partial charge in [0.2, 0.25) is 5.91 Å². The van der Waals surface area contributed by atoms with Gasteiger partial charge in [0.05, 0.1) is 6.04 Å². The van der Waals surface area contributed by atoms with Gasteiger partial charge in [-0.15, -0.1) is 4.28 Å². The monoisotopic (exact) mass is 364 g/mol. The van der Waals surface area contributed by atoms with Gasteiger partial charge in [-0.1, -0.05) is 13.8 Å². The Hall–Kier alpha value is -1.92. The number of piperidine rings is 1. The zero-order valence-corrected chi connectivity index (χ0v) is 14.3. The van der Waals surface area contributed by atoms with Crippen LogP contribution in [0.4, 0.5) is 4.79 Å². The molecule has 0 unspecified atom stereocenters. The van der Waals surface area contributed by atoms with E-state index in [4.69, 9.17) is 4.55 Å². The minimum Gasteiger partial charge on any atom is -0.309 e. The van der Waals surface area contributed by atoms with E-state index in [2.05, 4.69) is 9.71 Å². The molecule has 2 saturated heterocycles. The number of hydrazine groups is 1. The number of nitrogens with zero attached hydrogens (tertiary/aromatic N) is 3. The lowest BCUT2D eigenvalue weighted by molar-refractivity contribution is -0.144. The van der Waals surface area contributed by atoms with Crippen LogP contribution in [0.25, 0.3) is 0 Å². The van der Waals surface area contributed by atoms with E-state index in [0.29, 0.717) is 11.5 Å². The van der Waals surface area contributed by atoms with Gasteiger partial charge in [-0.3, -0.25) is 24.6 Å². The molecule has 2 heterocycles. The number of nitrogens with one attached hydrogen (secondary N) is 1. The van der Waals surface area contributed by atoms with Crippen LogP contribution in [-0.2, 0) is 24.3 Å². The maximum Gasteiger partial charge on any atom is 0.418 e. The van der Waals surface area contributed by atoms with Crippen LogP contribution in [-0.4, -0.2) is 71.5 Å². The molecule has 12 heteroatoms. The highest BCUT2D eigenvalue weighted by Gasteiger charge is 2.49. The van der Waals surface area contributed by atoms with Gasteiger partial charge in [-0.2, -0.15) is 13.5 Å². The minimum absolute atomic E-state index is 0.0915. The van der Waals surface area contributed by atoms with E-state index in [0.717, 1.165) is 9.91 Å². The molecular formula is C12H20N4O7S. The van der Waals surface area contributed by atoms with Crippen molar-refractivity contribution < 1.29 is 31.6 Å². The van der Waals surface area contributed by atoms with Crippen LogP contribution < -0.4 is 5.43 Å². The van der Waals surface area contributed by atoms with Crippen LogP contribution in [0.2, 0.25) is 0 Å². The number of urea groups is 1. The fourth-order valence-corrected chi connectivity index (χ4v) is 3.17. The summed E-state index contributed by atoms with van der Waals surface area (Å²) in [7, 11) is -3.42. The highest BCUT2D eigenvalue weighted by Crippen LogP contribution is 2.30. The number of carbonyl (C=O) groups excluding carboxylic acids is 3. The third kappa shape index (κ3) is 3.76. The number of carbonyl (C=O) groups is 3. The summed E-state index contributed by atoms with van der Waals surface area (Å²) in [6, 6.07) is -2.25. The summed E-state index contributed by atoms with van der Waals surface area (Å²) < 4.78 is 34.7. The zero-order valence-electron chi connectivity index (χ0n) is 13.5. The summed E-state index contributed by atoms with van der Waals surface area (Å²) >= 11 is 0. The molecule has 24 heavy (non-hydrogen) atoms. The lowest BCUT2D eigenvalue weighted by Crippen LogP contribution is -2.55. The minimum atomic E-state index is -4.83. The van der Waals surface area contributed by atoms with Gasteiger partial charge in [-0.25, -0.2) is 4.79 Å². The van der Waals surface area contributed by atoms with Crippen LogP contribution in [0.3, 0.4) is 0 Å². The molecule has 0 aromatic carbocycles. The average molecular weight is 364 g/mol. The maximum atomic E-state index is 12.3. The molecule has 2 aliphatic rings. The average Bonchev–Trinajstić information content (AvgIpc) is 2.69. The molecule has 4 amide bonds. The van der Waals surface area contributed by atoms with Crippen molar-refractivity contribution in [1.82, 2.24) is 20.4 Å². The summed E-state index contributed by atoms with van der Waals surface area (Å²) in [4.78, 5) is 37.5. The summed E-state index contributed by atoms with van der Waals surface area (Å²) in [6.07, 6.45) is 0.592. The second-order valence-corrected chi connectivity index (χ2v) is 7.04. The predicted molar refractivity (Wildman–Crippen MR) is 79.1 cm³/mol. The number of rotatable bonds is 4. The summed E-state index contributed by atoms with van der Waals surface area (Å²) in [5.74, 6) is -1.15. The van der Waals surface area contributed by atoms with Gasteiger partial charge in [0.25, 0.3) is 5.91 Å². The van der Waals surface area contributed by atoms with Crippen LogP contribution in [0, 0.1) is 5.92 Å². The van der Waals surface area contributed by atoms with Crippen LogP contribution in [0.5, 0.6) is 0 Å². The Morgan fingerprint density at radius 1 is 1.38 bits per heavy atom. The number of hydrogen-bond acceptors (Lipinski definition) is 6. The molecule has 0 aliphatic carbocycles. The Morgan fingerprint density at radius 3 is 2.54 bits per heavy atom. The van der Waals surface area contributed by atoms with E-state index >= 15 is 0 Å². The van der Waals surface area contributed by atoms with Crippen LogP contribution in [0.1, 0.15) is 26.7 Å². The highest BCUT2D eigenvalue weighted by atomic mass is 32.3. The topological polar surface area (TPSA) is 137 Å². The maximum absolute atomic E-state index is 12.3. The Labute approximate surface area is 139 Å². The van der Waals surface area contributed by atoms with E-state index in [1.54, 1.807) is 13.8 Å². The van der Waals surface area contributed by atoms with Gasteiger partial charge in [0.1, 0.15) is 6.04 Å². The molecule has 2 atom stereocenters. The standard InChI is InChI=1S/C12H20N4O7S/c1-7(2)11(18)14(3)13-10(17)9-5-4-8-6-15(9)12(19)16(8)23-24(20,21)22/h7-9H,4-6H2,1-3H3,(H,13,17)(H,20,21,22)/t8-,9+/m0/s1. The lowest BCUT2D eigenvalue weighted by atomic mass is 10.0. The SMILES string of the molecule is CC(C)C(=O)N(C)NC(=O)[C@H]1CC[C@H]2CN1C(=O)N2OS(=O)(=O)O. The molecular weight excluding hydrogens is 344 g/mol. The Bertz CT molecular complexity index is 650. The molecule has 2 bridgehead atoms. The van der Waals surface area contributed by atoms with Gasteiger partial charge in [0, 0.05) is 19.5 Å². The molecule has 11 nitrogen and oxygen atoms in total. The molecule has 2 fully saturated rings. The highest BCUT2D eigenvalue weighted by molar-refractivity contribution is 7.80. The molecule has 2 N–H and O–H groups in total. The Balaban J connectivity index is 2.06. The van der Waals surface area contributed by atoms with Gasteiger partial charge < -0.3 is 4.90 Å². The van der Waals surface area contributed by atoms with Crippen molar-refractivity contribution in [3.05, 3.63) is 0 Å². The van der Waals surface area contributed by atoms with E-state index in [1.807, 2.05) is 0 Å². The van der Waals surface area contributed by atoms with Crippen molar-refractivity contribution in [3.63, 3.8) is 0 Å². The van der Waals surface area contributed by atoms with E-state index in [-0.39, 0.29) is 24.8 Å². The fourth-order valence-electron chi connectivity index (χ4n) is 2.79. The molecule has 2 aliphatic heterocycles. The van der Waals surface area contributed by atoms with Crippen molar-refractivity contribution in [2.75, 3.05) is 13.6 Å². The lowest BCUT2D eigenvalue weighted by Gasteiger charge is -2.31. The predicted octanol–water partition coefficient (Wildman–Crippen LogP) is -0.865. The number of amides is 4. The molecule has 0 aromatic heterocycles. The Kier molecular flexibility index (Phi) is 5.01. The fraction of sp³-hybridized carbons (Fsp3) is 0.750. The summed E-state index contributed by atoms with van der Waals surface area (Å²) in [6.45, 7) is 3.46. The van der Waals surface area contributed by atoms with Crippen molar-refractivity contribution in [2.45, 2.75) is 38.8 Å². The van der Waals surface area contributed by atoms with E-state index < -0.39 is 34.4 Å². The second-order valence-electron chi connectivity index (χ2n) is 6.04. The third-order valence-corrected chi connectivity index (χ3v) is 4.25. The number of fused-ring (bicyclic) bond motifs is 2. The van der Waals surface area contributed by atoms with Gasteiger partial charge >= 0.3 is 16.4 Å².